The molecular weight excluding hydrogens is 100 g/mol. The van der Waals surface area contributed by atoms with Crippen LogP contribution in [0.25, 0.3) is 0 Å². The van der Waals surface area contributed by atoms with Gasteiger partial charge in [0.05, 0.1) is 12.7 Å². The summed E-state index contributed by atoms with van der Waals surface area (Å²) < 4.78 is 0. The highest BCUT2D eigenvalue weighted by atomic mass is 14.7. The monoisotopic (exact) mass is 106 g/mol. The van der Waals surface area contributed by atoms with Gasteiger partial charge in [0.2, 0.25) is 0 Å². The molecule has 2 nitrogen and oxygen atoms in total. The summed E-state index contributed by atoms with van der Waals surface area (Å²) in [5, 5.41) is 0. The first-order chi connectivity index (χ1) is 4.00. The van der Waals surface area contributed by atoms with E-state index in [2.05, 4.69) is 21.7 Å². The van der Waals surface area contributed by atoms with Gasteiger partial charge in [-0.2, -0.15) is 0 Å². The fourth-order valence-electron chi connectivity index (χ4n) is 0.418. The van der Waals surface area contributed by atoms with E-state index in [-0.39, 0.29) is 0 Å². The highest BCUT2D eigenvalue weighted by Crippen LogP contribution is 1.80. The number of hydrogen-bond acceptors (Lipinski definition) is 2. The van der Waals surface area contributed by atoms with Crippen LogP contribution in [0.5, 0.6) is 0 Å². The molecule has 0 N–H and O–H groups in total. The quantitative estimate of drug-likeness (QED) is 0.436. The summed E-state index contributed by atoms with van der Waals surface area (Å²) in [7, 11) is 0. The van der Waals surface area contributed by atoms with Crippen molar-refractivity contribution in [3.8, 4) is 0 Å². The Bertz CT molecular complexity index is 157. The van der Waals surface area contributed by atoms with Gasteiger partial charge in [-0.05, 0) is 18.4 Å². The fraction of sp³-hybridized carbons (Fsp3) is 0.333. The van der Waals surface area contributed by atoms with Crippen LogP contribution in [0.3, 0.4) is 0 Å². The SMILES string of the molecule is C1=CCCN=C=CN=1. The smallest absolute Gasteiger partial charge is 0.0977 e. The molecule has 1 rings (SSSR count). The van der Waals surface area contributed by atoms with E-state index in [0.29, 0.717) is 0 Å². The predicted molar refractivity (Wildman–Crippen MR) is 33.5 cm³/mol. The highest BCUT2D eigenvalue weighted by Gasteiger charge is 1.74. The van der Waals surface area contributed by atoms with Crippen molar-refractivity contribution in [2.75, 3.05) is 6.54 Å². The van der Waals surface area contributed by atoms with Crippen LogP contribution in [0, 0.1) is 0 Å². The molecule has 0 aromatic carbocycles. The van der Waals surface area contributed by atoms with Crippen molar-refractivity contribution in [1.82, 2.24) is 0 Å². The second kappa shape index (κ2) is 2.98. The molecule has 0 fully saturated rings. The van der Waals surface area contributed by atoms with Crippen LogP contribution in [0.15, 0.2) is 22.3 Å². The molecule has 2 heteroatoms. The fourth-order valence-corrected chi connectivity index (χ4v) is 0.418. The summed E-state index contributed by atoms with van der Waals surface area (Å²) >= 11 is 0. The van der Waals surface area contributed by atoms with Crippen molar-refractivity contribution in [2.45, 2.75) is 6.42 Å². The maximum atomic E-state index is 3.86. The minimum atomic E-state index is 0.805. The molecule has 0 spiro atoms. The van der Waals surface area contributed by atoms with Crippen LogP contribution in [-0.2, 0) is 0 Å². The molecule has 0 aromatic heterocycles. The van der Waals surface area contributed by atoms with Crippen molar-refractivity contribution in [3.05, 3.63) is 12.3 Å². The van der Waals surface area contributed by atoms with Crippen LogP contribution < -0.4 is 0 Å². The zero-order valence-electron chi connectivity index (χ0n) is 4.46. The van der Waals surface area contributed by atoms with Crippen molar-refractivity contribution in [2.24, 2.45) is 9.98 Å². The predicted octanol–water partition coefficient (Wildman–Crippen LogP) is 0.799. The molecule has 1 heterocycles. The standard InChI is InChI=1S/C6H6N2/c1-2-4-8-6-5-7-3-1/h1,5H,2,4H2. The van der Waals surface area contributed by atoms with Crippen LogP contribution in [-0.4, -0.2) is 18.3 Å². The summed E-state index contributed by atoms with van der Waals surface area (Å²) in [6.07, 6.45) is 4.29. The first-order valence-electron chi connectivity index (χ1n) is 2.51. The Hall–Kier alpha value is -1.10. The third kappa shape index (κ3) is 1.57. The van der Waals surface area contributed by atoms with Crippen LogP contribution in [0.1, 0.15) is 6.42 Å². The van der Waals surface area contributed by atoms with Gasteiger partial charge >= 0.3 is 0 Å². The average Bonchev–Trinajstić information content (AvgIpc) is 1.62. The van der Waals surface area contributed by atoms with Crippen molar-refractivity contribution in [3.63, 3.8) is 0 Å². The second-order valence-electron chi connectivity index (χ2n) is 1.39. The van der Waals surface area contributed by atoms with Crippen LogP contribution in [0.2, 0.25) is 0 Å². The lowest BCUT2D eigenvalue weighted by Crippen LogP contribution is -1.76. The van der Waals surface area contributed by atoms with E-state index in [4.69, 9.17) is 0 Å². The maximum Gasteiger partial charge on any atom is 0.0977 e. The Morgan fingerprint density at radius 2 is 2.38 bits per heavy atom. The molecule has 0 saturated heterocycles. The number of nitrogens with zero attached hydrogens (tertiary/aromatic N) is 2. The van der Waals surface area contributed by atoms with Gasteiger partial charge in [-0.3, -0.25) is 0 Å². The van der Waals surface area contributed by atoms with Gasteiger partial charge < -0.3 is 0 Å². The topological polar surface area (TPSA) is 24.7 Å². The first kappa shape index (κ1) is 5.04. The summed E-state index contributed by atoms with van der Waals surface area (Å²) in [5.41, 5.74) is 0. The van der Waals surface area contributed by atoms with Gasteiger partial charge in [-0.1, -0.05) is 0 Å². The Labute approximate surface area is 48.0 Å². The normalized spacial score (nSPS) is 16.0. The zero-order chi connectivity index (χ0) is 5.66. The molecule has 0 radical (unpaired) electrons. The Kier molecular flexibility index (Phi) is 1.88. The molecule has 0 atom stereocenters. The van der Waals surface area contributed by atoms with Gasteiger partial charge in [0, 0.05) is 5.87 Å². The summed E-state index contributed by atoms with van der Waals surface area (Å²) in [4.78, 5) is 7.56. The molecule has 0 aliphatic carbocycles. The van der Waals surface area contributed by atoms with E-state index in [1.807, 2.05) is 6.08 Å². The number of aliphatic imine (C=N–C) groups is 2. The molecule has 0 bridgehead atoms. The maximum absolute atomic E-state index is 3.86. The molecule has 0 saturated carbocycles. The Morgan fingerprint density at radius 1 is 1.38 bits per heavy atom. The molecule has 0 aromatic rings. The minimum absolute atomic E-state index is 0.805. The molecule has 8 heavy (non-hydrogen) atoms. The molecule has 40 valence electrons. The van der Waals surface area contributed by atoms with Crippen molar-refractivity contribution >= 4 is 11.7 Å². The highest BCUT2D eigenvalue weighted by molar-refractivity contribution is 5.59. The second-order valence-corrected chi connectivity index (χ2v) is 1.39. The lowest BCUT2D eigenvalue weighted by atomic mass is 10.4. The third-order valence-corrected chi connectivity index (χ3v) is 0.765. The lowest BCUT2D eigenvalue weighted by molar-refractivity contribution is 1.02. The van der Waals surface area contributed by atoms with Gasteiger partial charge in [-0.15, -0.1) is 0 Å². The number of rotatable bonds is 0. The third-order valence-electron chi connectivity index (χ3n) is 0.765. The summed E-state index contributed by atoms with van der Waals surface area (Å²) in [6, 6.07) is 0. The van der Waals surface area contributed by atoms with E-state index in [1.54, 1.807) is 0 Å². The zero-order valence-corrected chi connectivity index (χ0v) is 4.46. The van der Waals surface area contributed by atoms with E-state index in [1.165, 1.54) is 6.20 Å². The first-order valence-corrected chi connectivity index (χ1v) is 2.51. The Morgan fingerprint density at radius 3 is 3.38 bits per heavy atom. The molecule has 0 unspecified atom stereocenters. The molecular formula is C6H6N2. The van der Waals surface area contributed by atoms with E-state index < -0.39 is 0 Å². The van der Waals surface area contributed by atoms with Gasteiger partial charge in [-0.25, -0.2) is 9.98 Å². The van der Waals surface area contributed by atoms with Crippen molar-refractivity contribution < 1.29 is 0 Å². The van der Waals surface area contributed by atoms with Gasteiger partial charge in [0.25, 0.3) is 0 Å². The molecule has 1 aliphatic rings. The van der Waals surface area contributed by atoms with Crippen molar-refractivity contribution in [1.29, 1.82) is 0 Å². The summed E-state index contributed by atoms with van der Waals surface area (Å²) in [5.74, 6) is 5.35. The van der Waals surface area contributed by atoms with Crippen LogP contribution >= 0.6 is 0 Å². The van der Waals surface area contributed by atoms with E-state index in [9.17, 15) is 0 Å². The van der Waals surface area contributed by atoms with E-state index >= 15 is 0 Å². The molecule has 0 amide bonds. The van der Waals surface area contributed by atoms with Gasteiger partial charge in [0.1, 0.15) is 0 Å². The Balaban J connectivity index is 2.74. The average molecular weight is 106 g/mol. The van der Waals surface area contributed by atoms with Crippen LogP contribution in [0.4, 0.5) is 0 Å². The number of hydrogen-bond donors (Lipinski definition) is 0. The minimum Gasteiger partial charge on any atom is -0.241 e. The van der Waals surface area contributed by atoms with Gasteiger partial charge in [0.15, 0.2) is 0 Å². The lowest BCUT2D eigenvalue weighted by Gasteiger charge is -1.80. The molecule has 1 aliphatic heterocycles. The van der Waals surface area contributed by atoms with E-state index in [0.717, 1.165) is 13.0 Å². The largest absolute Gasteiger partial charge is 0.241 e. The summed E-state index contributed by atoms with van der Waals surface area (Å²) in [6.45, 7) is 0.805.